The molecule has 4 rings (SSSR count). The van der Waals surface area contributed by atoms with Crippen molar-refractivity contribution in [2.24, 2.45) is 0 Å². The van der Waals surface area contributed by atoms with Crippen molar-refractivity contribution in [2.45, 2.75) is 31.7 Å². The number of hydrogen-bond donors (Lipinski definition) is 2. The first-order valence-electron chi connectivity index (χ1n) is 10.3. The minimum absolute atomic E-state index is 0.00961. The largest absolute Gasteiger partial charge is 0.349 e. The SMILES string of the molecule is O=C(NC1CCN(CCCc2nc3ccccc3c(=O)[nH]2)CC1)c1ccccc1. The van der Waals surface area contributed by atoms with Gasteiger partial charge in [-0.3, -0.25) is 9.59 Å². The molecule has 0 aliphatic carbocycles. The van der Waals surface area contributed by atoms with E-state index in [-0.39, 0.29) is 17.5 Å². The zero-order valence-electron chi connectivity index (χ0n) is 16.4. The van der Waals surface area contributed by atoms with Crippen LogP contribution in [0.1, 0.15) is 35.4 Å². The van der Waals surface area contributed by atoms with Crippen LogP contribution in [0.15, 0.2) is 59.4 Å². The lowest BCUT2D eigenvalue weighted by molar-refractivity contribution is 0.0911. The van der Waals surface area contributed by atoms with Crippen LogP contribution in [0.2, 0.25) is 0 Å². The zero-order valence-corrected chi connectivity index (χ0v) is 16.4. The van der Waals surface area contributed by atoms with E-state index in [0.717, 1.165) is 56.7 Å². The van der Waals surface area contributed by atoms with Gasteiger partial charge in [-0.25, -0.2) is 4.98 Å². The summed E-state index contributed by atoms with van der Waals surface area (Å²) in [5.74, 6) is 0.758. The normalized spacial score (nSPS) is 15.4. The number of carbonyl (C=O) groups is 1. The van der Waals surface area contributed by atoms with Crippen molar-refractivity contribution in [3.05, 3.63) is 76.3 Å². The number of aromatic nitrogens is 2. The number of aryl methyl sites for hydroxylation is 1. The molecule has 2 N–H and O–H groups in total. The summed E-state index contributed by atoms with van der Waals surface area (Å²) in [6.07, 6.45) is 3.63. The first-order chi connectivity index (χ1) is 14.2. The molecule has 1 amide bonds. The smallest absolute Gasteiger partial charge is 0.258 e. The molecule has 150 valence electrons. The van der Waals surface area contributed by atoms with Crippen molar-refractivity contribution in [2.75, 3.05) is 19.6 Å². The zero-order chi connectivity index (χ0) is 20.1. The van der Waals surface area contributed by atoms with E-state index in [2.05, 4.69) is 20.2 Å². The first-order valence-corrected chi connectivity index (χ1v) is 10.3. The number of H-pyrrole nitrogens is 1. The van der Waals surface area contributed by atoms with Gasteiger partial charge in [-0.2, -0.15) is 0 Å². The van der Waals surface area contributed by atoms with Crippen LogP contribution in [0.25, 0.3) is 10.9 Å². The number of amides is 1. The molecule has 6 nitrogen and oxygen atoms in total. The molecule has 6 heteroatoms. The second-order valence-corrected chi connectivity index (χ2v) is 7.59. The summed E-state index contributed by atoms with van der Waals surface area (Å²) in [6.45, 7) is 2.92. The Labute approximate surface area is 170 Å². The molecule has 1 fully saturated rings. The van der Waals surface area contributed by atoms with Crippen molar-refractivity contribution < 1.29 is 4.79 Å². The Hall–Kier alpha value is -2.99. The van der Waals surface area contributed by atoms with Crippen LogP contribution in [-0.2, 0) is 6.42 Å². The van der Waals surface area contributed by atoms with Crippen LogP contribution < -0.4 is 10.9 Å². The number of aromatic amines is 1. The Bertz CT molecular complexity index is 1020. The van der Waals surface area contributed by atoms with Gasteiger partial charge >= 0.3 is 0 Å². The van der Waals surface area contributed by atoms with Gasteiger partial charge in [0.1, 0.15) is 5.82 Å². The maximum absolute atomic E-state index is 12.3. The number of fused-ring (bicyclic) bond motifs is 1. The van der Waals surface area contributed by atoms with Crippen LogP contribution in [0.5, 0.6) is 0 Å². The van der Waals surface area contributed by atoms with Gasteiger partial charge in [-0.15, -0.1) is 0 Å². The van der Waals surface area contributed by atoms with Crippen LogP contribution >= 0.6 is 0 Å². The molecule has 0 spiro atoms. The molecule has 1 saturated heterocycles. The molecule has 2 heterocycles. The second kappa shape index (κ2) is 9.01. The predicted molar refractivity (Wildman–Crippen MR) is 114 cm³/mol. The Morgan fingerprint density at radius 2 is 1.79 bits per heavy atom. The highest BCUT2D eigenvalue weighted by Crippen LogP contribution is 2.13. The number of nitrogens with one attached hydrogen (secondary N) is 2. The number of hydrogen-bond acceptors (Lipinski definition) is 4. The number of carbonyl (C=O) groups excluding carboxylic acids is 1. The lowest BCUT2D eigenvalue weighted by Crippen LogP contribution is -2.44. The Balaban J connectivity index is 1.22. The highest BCUT2D eigenvalue weighted by molar-refractivity contribution is 5.94. The molecule has 0 bridgehead atoms. The number of benzene rings is 2. The highest BCUT2D eigenvalue weighted by atomic mass is 16.1. The standard InChI is InChI=1S/C23H26N4O2/c28-22(17-7-2-1-3-8-17)24-18-12-15-27(16-13-18)14-6-11-21-25-20-10-5-4-9-19(20)23(29)26-21/h1-5,7-10,18H,6,11-16H2,(H,24,28)(H,25,26,29). The summed E-state index contributed by atoms with van der Waals surface area (Å²) in [5.41, 5.74) is 1.40. The third-order valence-corrected chi connectivity index (χ3v) is 5.51. The minimum atomic E-state index is -0.0689. The Morgan fingerprint density at radius 3 is 2.59 bits per heavy atom. The summed E-state index contributed by atoms with van der Waals surface area (Å²) in [5, 5.41) is 3.78. The fourth-order valence-corrected chi connectivity index (χ4v) is 3.88. The summed E-state index contributed by atoms with van der Waals surface area (Å²) in [6, 6.07) is 17.0. The number of para-hydroxylation sites is 1. The third-order valence-electron chi connectivity index (χ3n) is 5.51. The highest BCUT2D eigenvalue weighted by Gasteiger charge is 2.20. The monoisotopic (exact) mass is 390 g/mol. The summed E-state index contributed by atoms with van der Waals surface area (Å²) < 4.78 is 0. The molecule has 1 aromatic heterocycles. The lowest BCUT2D eigenvalue weighted by Gasteiger charge is -2.32. The summed E-state index contributed by atoms with van der Waals surface area (Å²) in [7, 11) is 0. The number of likely N-dealkylation sites (tertiary alicyclic amines) is 1. The fraction of sp³-hybridized carbons (Fsp3) is 0.348. The van der Waals surface area contributed by atoms with Gasteiger partial charge in [-0.05, 0) is 50.1 Å². The van der Waals surface area contributed by atoms with Crippen LogP contribution in [0, 0.1) is 0 Å². The Morgan fingerprint density at radius 1 is 1.07 bits per heavy atom. The molecule has 0 radical (unpaired) electrons. The third kappa shape index (κ3) is 4.90. The van der Waals surface area contributed by atoms with E-state index in [1.807, 2.05) is 48.5 Å². The van der Waals surface area contributed by atoms with E-state index in [1.54, 1.807) is 6.07 Å². The van der Waals surface area contributed by atoms with E-state index < -0.39 is 0 Å². The second-order valence-electron chi connectivity index (χ2n) is 7.59. The predicted octanol–water partition coefficient (Wildman–Crippen LogP) is 2.75. The molecule has 1 aliphatic heterocycles. The topological polar surface area (TPSA) is 78.1 Å². The summed E-state index contributed by atoms with van der Waals surface area (Å²) >= 11 is 0. The number of rotatable bonds is 6. The van der Waals surface area contributed by atoms with Crippen molar-refractivity contribution in [3.8, 4) is 0 Å². The van der Waals surface area contributed by atoms with Gasteiger partial charge in [0, 0.05) is 31.1 Å². The molecule has 0 atom stereocenters. The molecule has 1 aliphatic rings. The maximum Gasteiger partial charge on any atom is 0.258 e. The van der Waals surface area contributed by atoms with E-state index >= 15 is 0 Å². The van der Waals surface area contributed by atoms with Gasteiger partial charge < -0.3 is 15.2 Å². The Kier molecular flexibility index (Phi) is 6.00. The fourth-order valence-electron chi connectivity index (χ4n) is 3.88. The van der Waals surface area contributed by atoms with Gasteiger partial charge in [0.05, 0.1) is 10.9 Å². The van der Waals surface area contributed by atoms with E-state index in [9.17, 15) is 9.59 Å². The first kappa shape index (κ1) is 19.3. The average Bonchev–Trinajstić information content (AvgIpc) is 2.76. The molecule has 29 heavy (non-hydrogen) atoms. The minimum Gasteiger partial charge on any atom is -0.349 e. The molecule has 0 saturated carbocycles. The summed E-state index contributed by atoms with van der Waals surface area (Å²) in [4.78, 5) is 34.3. The molecular formula is C23H26N4O2. The molecule has 0 unspecified atom stereocenters. The quantitative estimate of drug-likeness (QED) is 0.678. The number of nitrogens with zero attached hydrogens (tertiary/aromatic N) is 2. The van der Waals surface area contributed by atoms with Crippen molar-refractivity contribution in [1.82, 2.24) is 20.2 Å². The lowest BCUT2D eigenvalue weighted by atomic mass is 10.0. The van der Waals surface area contributed by atoms with Gasteiger partial charge in [0.2, 0.25) is 0 Å². The molecular weight excluding hydrogens is 364 g/mol. The van der Waals surface area contributed by atoms with Crippen LogP contribution in [0.4, 0.5) is 0 Å². The van der Waals surface area contributed by atoms with Gasteiger partial charge in [0.25, 0.3) is 11.5 Å². The van der Waals surface area contributed by atoms with Gasteiger partial charge in [0.15, 0.2) is 0 Å². The van der Waals surface area contributed by atoms with Crippen molar-refractivity contribution in [1.29, 1.82) is 0 Å². The molecule has 3 aromatic rings. The van der Waals surface area contributed by atoms with Crippen molar-refractivity contribution in [3.63, 3.8) is 0 Å². The van der Waals surface area contributed by atoms with Crippen molar-refractivity contribution >= 4 is 16.8 Å². The van der Waals surface area contributed by atoms with E-state index in [1.165, 1.54) is 0 Å². The maximum atomic E-state index is 12.3. The molecule has 2 aromatic carbocycles. The average molecular weight is 390 g/mol. The van der Waals surface area contributed by atoms with E-state index in [4.69, 9.17) is 0 Å². The van der Waals surface area contributed by atoms with Gasteiger partial charge in [-0.1, -0.05) is 30.3 Å². The van der Waals surface area contributed by atoms with Crippen LogP contribution in [-0.4, -0.2) is 46.5 Å². The van der Waals surface area contributed by atoms with Crippen LogP contribution in [0.3, 0.4) is 0 Å². The van der Waals surface area contributed by atoms with E-state index in [0.29, 0.717) is 10.9 Å². The number of piperidine rings is 1.